The maximum atomic E-state index is 11.7. The number of hydrogen-bond donors (Lipinski definition) is 0. The molecule has 0 N–H and O–H groups in total. The Morgan fingerprint density at radius 2 is 1.20 bits per heavy atom. The third-order valence-electron chi connectivity index (χ3n) is 5.99. The molecule has 3 aromatic carbocycles. The van der Waals surface area contributed by atoms with Gasteiger partial charge in [-0.2, -0.15) is 13.2 Å². The molecule has 1 aliphatic rings. The lowest BCUT2D eigenvalue weighted by molar-refractivity contribution is -0.0881. The summed E-state index contributed by atoms with van der Waals surface area (Å²) in [6.07, 6.45) is 5.32. The number of benzene rings is 3. The van der Waals surface area contributed by atoms with Crippen molar-refractivity contribution in [1.29, 1.82) is 0 Å². The van der Waals surface area contributed by atoms with Crippen LogP contribution in [0, 0.1) is 0 Å². The second-order valence-corrected chi connectivity index (χ2v) is 10.4. The van der Waals surface area contributed by atoms with E-state index < -0.39 is 11.7 Å². The molecule has 1 fully saturated rings. The predicted octanol–water partition coefficient (Wildman–Crippen LogP) is 9.68. The Bertz CT molecular complexity index is 1040. The van der Waals surface area contributed by atoms with Crippen LogP contribution in [-0.2, 0) is 10.9 Å². The fourth-order valence-corrected chi connectivity index (χ4v) is 6.32. The molecule has 0 nitrogen and oxygen atoms in total. The first kappa shape index (κ1) is 26.6. The Hall–Kier alpha value is -2.98. The molecule has 182 valence electrons. The summed E-state index contributed by atoms with van der Waals surface area (Å²) in [4.78, 5) is 4.19. The van der Waals surface area contributed by atoms with Gasteiger partial charge in [-0.15, -0.1) is 0 Å². The van der Waals surface area contributed by atoms with Crippen LogP contribution >= 0.6 is 0 Å². The van der Waals surface area contributed by atoms with Gasteiger partial charge in [0.15, 0.2) is 14.7 Å². The average molecular weight is 494 g/mol. The summed E-state index contributed by atoms with van der Waals surface area (Å²) in [6, 6.07) is 31.3. The molecule has 0 saturated heterocycles. The van der Waals surface area contributed by atoms with E-state index in [1.165, 1.54) is 52.4 Å². The van der Waals surface area contributed by atoms with Crippen LogP contribution in [0.5, 0.6) is 0 Å². The fraction of sp³-hybridized carbons (Fsp3) is 0.226. The normalized spacial score (nSPS) is 14.7. The summed E-state index contributed by atoms with van der Waals surface area (Å²) in [5.74, 6) is 0.776. The zero-order chi connectivity index (χ0) is 25.1. The highest BCUT2D eigenvalue weighted by atomic mass is 32.2. The lowest BCUT2D eigenvalue weighted by Gasteiger charge is -2.22. The van der Waals surface area contributed by atoms with Gasteiger partial charge in [0.1, 0.15) is 0 Å². The molecule has 0 aromatic heterocycles. The maximum absolute atomic E-state index is 11.7. The van der Waals surface area contributed by atoms with E-state index in [1.807, 2.05) is 0 Å². The number of halogens is 3. The van der Waals surface area contributed by atoms with Crippen LogP contribution in [0.3, 0.4) is 0 Å². The minimum atomic E-state index is -4.31. The Labute approximate surface area is 210 Å². The monoisotopic (exact) mass is 493 g/mol. The molecule has 0 unspecified atom stereocenters. The molecule has 4 heteroatoms. The van der Waals surface area contributed by atoms with Gasteiger partial charge in [-0.25, -0.2) is 0 Å². The van der Waals surface area contributed by atoms with Crippen molar-refractivity contribution in [1.82, 2.24) is 0 Å². The zero-order valence-electron chi connectivity index (χ0n) is 19.9. The Balaban J connectivity index is 0.000000292. The lowest BCUT2D eigenvalue weighted by atomic mass is 9.84. The van der Waals surface area contributed by atoms with Crippen LogP contribution < -0.4 is 0 Å². The first-order chi connectivity index (χ1) is 16.9. The van der Waals surface area contributed by atoms with E-state index in [1.54, 1.807) is 0 Å². The molecule has 1 saturated carbocycles. The van der Waals surface area contributed by atoms with Crippen molar-refractivity contribution < 1.29 is 13.2 Å². The van der Waals surface area contributed by atoms with Gasteiger partial charge in [-0.1, -0.05) is 99.2 Å². The Morgan fingerprint density at radius 1 is 0.714 bits per heavy atom. The van der Waals surface area contributed by atoms with Crippen LogP contribution in [0.25, 0.3) is 0 Å². The third kappa shape index (κ3) is 7.76. The van der Waals surface area contributed by atoms with Gasteiger partial charge >= 0.3 is 6.18 Å². The van der Waals surface area contributed by atoms with E-state index in [-0.39, 0.29) is 10.9 Å². The molecule has 0 amide bonds. The van der Waals surface area contributed by atoms with Crippen molar-refractivity contribution in [3.63, 3.8) is 0 Å². The number of alkyl halides is 3. The number of hydrogen-bond acceptors (Lipinski definition) is 0. The van der Waals surface area contributed by atoms with Crippen molar-refractivity contribution >= 4 is 10.9 Å². The number of rotatable bonds is 6. The first-order valence-corrected chi connectivity index (χ1v) is 13.1. The summed E-state index contributed by atoms with van der Waals surface area (Å²) in [5.41, 5.74) is 0.760. The molecular weight excluding hydrogens is 461 g/mol. The molecular formula is C31H32F3S+. The summed E-state index contributed by atoms with van der Waals surface area (Å²) in [5, 5.41) is 0. The lowest BCUT2D eigenvalue weighted by Crippen LogP contribution is -2.09. The van der Waals surface area contributed by atoms with Crippen LogP contribution in [0.2, 0.25) is 0 Å². The quantitative estimate of drug-likeness (QED) is 0.237. The van der Waals surface area contributed by atoms with Crippen LogP contribution in [0.4, 0.5) is 13.2 Å². The Morgan fingerprint density at radius 3 is 1.60 bits per heavy atom. The standard InChI is InChI=1S/C24H25S.C7H7F3/c1-4-10-20(11-5-1)21-16-18-24(19-17-21)25(22-12-6-2-7-13-22)23-14-8-3-9-15-23;1-3-5-6(4-2)7(8,9)10/h2-3,6-9,12-20H,1,4-5,10-11H2;3-5H,1-2H2/q+1;/b;6-5+. The second-order valence-electron chi connectivity index (χ2n) is 8.40. The van der Waals surface area contributed by atoms with Gasteiger partial charge in [0, 0.05) is 0 Å². The van der Waals surface area contributed by atoms with Crippen LogP contribution in [0.15, 0.2) is 137 Å². The van der Waals surface area contributed by atoms with Crippen molar-refractivity contribution in [2.75, 3.05) is 0 Å². The van der Waals surface area contributed by atoms with E-state index in [0.29, 0.717) is 0 Å². The first-order valence-electron chi connectivity index (χ1n) is 11.9. The molecule has 0 aliphatic heterocycles. The molecule has 3 aromatic rings. The summed E-state index contributed by atoms with van der Waals surface area (Å²) >= 11 is 0. The molecule has 0 spiro atoms. The summed E-state index contributed by atoms with van der Waals surface area (Å²) in [6.45, 7) is 6.15. The van der Waals surface area contributed by atoms with Gasteiger partial charge in [0.25, 0.3) is 0 Å². The minimum Gasteiger partial charge on any atom is -0.166 e. The zero-order valence-corrected chi connectivity index (χ0v) is 20.7. The van der Waals surface area contributed by atoms with Gasteiger partial charge in [0.2, 0.25) is 0 Å². The van der Waals surface area contributed by atoms with Crippen LogP contribution in [0.1, 0.15) is 43.6 Å². The maximum Gasteiger partial charge on any atom is 0.416 e. The predicted molar refractivity (Wildman–Crippen MR) is 142 cm³/mol. The molecule has 4 rings (SSSR count). The van der Waals surface area contributed by atoms with E-state index in [0.717, 1.165) is 24.1 Å². The topological polar surface area (TPSA) is 0 Å². The highest BCUT2D eigenvalue weighted by molar-refractivity contribution is 7.97. The molecule has 35 heavy (non-hydrogen) atoms. The van der Waals surface area contributed by atoms with E-state index in [9.17, 15) is 13.2 Å². The molecule has 0 bridgehead atoms. The fourth-order valence-electron chi connectivity index (χ4n) is 4.24. The number of allylic oxidation sites excluding steroid dienone is 4. The van der Waals surface area contributed by atoms with Gasteiger partial charge in [-0.3, -0.25) is 0 Å². The average Bonchev–Trinajstić information content (AvgIpc) is 2.89. The van der Waals surface area contributed by atoms with E-state index in [4.69, 9.17) is 0 Å². The summed E-state index contributed by atoms with van der Waals surface area (Å²) < 4.78 is 35.2. The highest BCUT2D eigenvalue weighted by Gasteiger charge is 2.30. The van der Waals surface area contributed by atoms with Crippen molar-refractivity contribution in [2.24, 2.45) is 0 Å². The van der Waals surface area contributed by atoms with Gasteiger partial charge in [-0.05, 0) is 60.7 Å². The van der Waals surface area contributed by atoms with E-state index in [2.05, 4.69) is 98.1 Å². The SMILES string of the molecule is C=C/C=C(\C=C)C(F)(F)F.c1ccc([S+](c2ccccc2)c2ccc(C3CCCCC3)cc2)cc1. The largest absolute Gasteiger partial charge is 0.416 e. The van der Waals surface area contributed by atoms with Crippen molar-refractivity contribution in [2.45, 2.75) is 58.9 Å². The molecule has 0 radical (unpaired) electrons. The van der Waals surface area contributed by atoms with Gasteiger partial charge in [0.05, 0.1) is 16.5 Å². The molecule has 0 heterocycles. The van der Waals surface area contributed by atoms with Crippen molar-refractivity contribution in [3.8, 4) is 0 Å². The smallest absolute Gasteiger partial charge is 0.166 e. The van der Waals surface area contributed by atoms with E-state index >= 15 is 0 Å². The highest BCUT2D eigenvalue weighted by Crippen LogP contribution is 2.35. The molecule has 1 aliphatic carbocycles. The Kier molecular flexibility index (Phi) is 10.0. The third-order valence-corrected chi connectivity index (χ3v) is 8.23. The summed E-state index contributed by atoms with van der Waals surface area (Å²) in [7, 11) is -0.0278. The van der Waals surface area contributed by atoms with Crippen LogP contribution in [-0.4, -0.2) is 6.18 Å². The molecule has 0 atom stereocenters. The minimum absolute atomic E-state index is 0.0278. The second kappa shape index (κ2) is 13.2. The van der Waals surface area contributed by atoms with Crippen molar-refractivity contribution in [3.05, 3.63) is 127 Å². The van der Waals surface area contributed by atoms with Gasteiger partial charge < -0.3 is 0 Å².